The lowest BCUT2D eigenvalue weighted by Gasteiger charge is -2.08. The van der Waals surface area contributed by atoms with E-state index in [1.165, 1.54) is 6.92 Å². The zero-order valence-corrected chi connectivity index (χ0v) is 11.9. The second kappa shape index (κ2) is 7.38. The van der Waals surface area contributed by atoms with Crippen LogP contribution in [0.2, 0.25) is 0 Å². The summed E-state index contributed by atoms with van der Waals surface area (Å²) < 4.78 is 0. The third kappa shape index (κ3) is 5.50. The Morgan fingerprint density at radius 3 is 2.89 bits per heavy atom. The summed E-state index contributed by atoms with van der Waals surface area (Å²) in [5.41, 5.74) is 1.03. The predicted octanol–water partition coefficient (Wildman–Crippen LogP) is 1.66. The molecule has 1 unspecified atom stereocenters. The van der Waals surface area contributed by atoms with Crippen molar-refractivity contribution in [3.05, 3.63) is 16.1 Å². The van der Waals surface area contributed by atoms with E-state index in [9.17, 15) is 9.59 Å². The summed E-state index contributed by atoms with van der Waals surface area (Å²) in [6.45, 7) is 3.41. The van der Waals surface area contributed by atoms with Crippen LogP contribution in [-0.4, -0.2) is 33.8 Å². The lowest BCUT2D eigenvalue weighted by Crippen LogP contribution is -2.38. The van der Waals surface area contributed by atoms with Crippen molar-refractivity contribution >= 4 is 35.0 Å². The molecule has 1 aromatic rings. The molecule has 0 aliphatic rings. The van der Waals surface area contributed by atoms with Gasteiger partial charge < -0.3 is 10.4 Å². The molecule has 1 heterocycles. The van der Waals surface area contributed by atoms with E-state index < -0.39 is 12.0 Å². The minimum Gasteiger partial charge on any atom is -0.480 e. The van der Waals surface area contributed by atoms with Crippen molar-refractivity contribution in [2.24, 2.45) is 0 Å². The first-order valence-electron chi connectivity index (χ1n) is 5.50. The van der Waals surface area contributed by atoms with E-state index in [2.05, 4.69) is 10.3 Å². The highest BCUT2D eigenvalue weighted by molar-refractivity contribution is 7.98. The van der Waals surface area contributed by atoms with E-state index in [0.29, 0.717) is 12.2 Å². The number of thiazole rings is 1. The molecular weight excluding hydrogens is 272 g/mol. The summed E-state index contributed by atoms with van der Waals surface area (Å²) in [5.74, 6) is 0.196. The second-order valence-electron chi connectivity index (χ2n) is 3.79. The summed E-state index contributed by atoms with van der Waals surface area (Å²) in [4.78, 5) is 26.2. The van der Waals surface area contributed by atoms with Gasteiger partial charge in [-0.25, -0.2) is 4.98 Å². The van der Waals surface area contributed by atoms with Gasteiger partial charge in [0.05, 0.1) is 10.7 Å². The Morgan fingerprint density at radius 2 is 2.33 bits per heavy atom. The smallest absolute Gasteiger partial charge is 0.325 e. The number of carboxylic acids is 1. The van der Waals surface area contributed by atoms with Crippen LogP contribution < -0.4 is 5.32 Å². The van der Waals surface area contributed by atoms with Gasteiger partial charge in [0.15, 0.2) is 0 Å². The molecule has 0 aromatic carbocycles. The zero-order valence-electron chi connectivity index (χ0n) is 10.3. The van der Waals surface area contributed by atoms with E-state index >= 15 is 0 Å². The molecule has 1 amide bonds. The number of carboxylic acid groups (broad SMARTS) is 1. The average molecular weight is 288 g/mol. The van der Waals surface area contributed by atoms with Crippen LogP contribution in [-0.2, 0) is 15.3 Å². The third-order valence-corrected chi connectivity index (χ3v) is 3.95. The lowest BCUT2D eigenvalue weighted by atomic mass is 10.3. The molecular formula is C11H16N2O3S2. The Morgan fingerprint density at radius 1 is 1.61 bits per heavy atom. The molecule has 0 saturated heterocycles. The number of nitrogens with zero attached hydrogens (tertiary/aromatic N) is 1. The lowest BCUT2D eigenvalue weighted by molar-refractivity contribution is -0.141. The van der Waals surface area contributed by atoms with Gasteiger partial charge in [0, 0.05) is 23.3 Å². The fourth-order valence-corrected chi connectivity index (χ4v) is 2.74. The van der Waals surface area contributed by atoms with Crippen LogP contribution in [0, 0.1) is 6.92 Å². The van der Waals surface area contributed by atoms with Crippen LogP contribution in [0.1, 0.15) is 24.0 Å². The van der Waals surface area contributed by atoms with Gasteiger partial charge in [0.1, 0.15) is 6.04 Å². The van der Waals surface area contributed by atoms with E-state index in [1.54, 1.807) is 23.1 Å². The molecule has 100 valence electrons. The highest BCUT2D eigenvalue weighted by Gasteiger charge is 2.13. The van der Waals surface area contributed by atoms with Gasteiger partial charge in [0.25, 0.3) is 0 Å². The van der Waals surface area contributed by atoms with E-state index in [4.69, 9.17) is 5.11 Å². The quantitative estimate of drug-likeness (QED) is 0.746. The highest BCUT2D eigenvalue weighted by Crippen LogP contribution is 2.15. The molecule has 0 spiro atoms. The molecule has 0 aliphatic carbocycles. The van der Waals surface area contributed by atoms with Gasteiger partial charge in [-0.2, -0.15) is 11.8 Å². The summed E-state index contributed by atoms with van der Waals surface area (Å²) in [5, 5.41) is 14.1. The summed E-state index contributed by atoms with van der Waals surface area (Å²) in [7, 11) is 0. The minimum absolute atomic E-state index is 0.230. The zero-order chi connectivity index (χ0) is 13.5. The van der Waals surface area contributed by atoms with Gasteiger partial charge in [-0.3, -0.25) is 9.59 Å². The molecule has 18 heavy (non-hydrogen) atoms. The third-order valence-electron chi connectivity index (χ3n) is 2.14. The number of hydrogen-bond acceptors (Lipinski definition) is 5. The number of carbonyl (C=O) groups is 2. The van der Waals surface area contributed by atoms with E-state index in [-0.39, 0.29) is 5.91 Å². The summed E-state index contributed by atoms with van der Waals surface area (Å²) in [6.07, 6.45) is 0.325. The monoisotopic (exact) mass is 288 g/mol. The van der Waals surface area contributed by atoms with Crippen molar-refractivity contribution in [2.45, 2.75) is 32.1 Å². The number of aliphatic carboxylic acids is 1. The second-order valence-corrected chi connectivity index (χ2v) is 5.96. The summed E-state index contributed by atoms with van der Waals surface area (Å²) in [6, 6.07) is -0.830. The van der Waals surface area contributed by atoms with E-state index in [1.807, 2.05) is 12.3 Å². The number of rotatable bonds is 7. The van der Waals surface area contributed by atoms with Gasteiger partial charge >= 0.3 is 5.97 Å². The fraction of sp³-hybridized carbons (Fsp3) is 0.545. The van der Waals surface area contributed by atoms with Crippen LogP contribution in [0.25, 0.3) is 0 Å². The minimum atomic E-state index is -1.02. The first-order valence-corrected chi connectivity index (χ1v) is 7.53. The maximum absolute atomic E-state index is 11.4. The van der Waals surface area contributed by atoms with Gasteiger partial charge in [-0.1, -0.05) is 0 Å². The largest absolute Gasteiger partial charge is 0.480 e. The molecule has 5 nitrogen and oxygen atoms in total. The van der Waals surface area contributed by atoms with Crippen LogP contribution in [0.4, 0.5) is 0 Å². The van der Waals surface area contributed by atoms with Crippen LogP contribution in [0.15, 0.2) is 5.38 Å². The Kier molecular flexibility index (Phi) is 6.14. The number of carbonyl (C=O) groups excluding carboxylic acids is 1. The maximum atomic E-state index is 11.4. The average Bonchev–Trinajstić information content (AvgIpc) is 2.70. The Balaban J connectivity index is 2.14. The number of thioether (sulfide) groups is 1. The maximum Gasteiger partial charge on any atom is 0.325 e. The number of nitrogens with one attached hydrogen (secondary N) is 1. The van der Waals surface area contributed by atoms with Crippen molar-refractivity contribution in [3.8, 4) is 0 Å². The topological polar surface area (TPSA) is 79.3 Å². The van der Waals surface area contributed by atoms with Crippen LogP contribution in [0.5, 0.6) is 0 Å². The predicted molar refractivity (Wildman–Crippen MR) is 72.9 cm³/mol. The Hall–Kier alpha value is -1.08. The van der Waals surface area contributed by atoms with Gasteiger partial charge in [0.2, 0.25) is 5.91 Å². The van der Waals surface area contributed by atoms with Crippen molar-refractivity contribution in [2.75, 3.05) is 5.75 Å². The molecule has 0 bridgehead atoms. The van der Waals surface area contributed by atoms with Crippen LogP contribution >= 0.6 is 23.1 Å². The SMILES string of the molecule is Cc1nc(CSCCC(=O)NC(C)C(=O)O)cs1. The first kappa shape index (κ1) is 15.0. The first-order chi connectivity index (χ1) is 8.49. The normalized spacial score (nSPS) is 12.1. The Bertz CT molecular complexity index is 420. The summed E-state index contributed by atoms with van der Waals surface area (Å²) >= 11 is 3.23. The molecule has 1 aromatic heterocycles. The van der Waals surface area contributed by atoms with Crippen molar-refractivity contribution in [3.63, 3.8) is 0 Å². The number of aryl methyl sites for hydroxylation is 1. The molecule has 0 aliphatic heterocycles. The molecule has 0 radical (unpaired) electrons. The Labute approximate surface area is 114 Å². The molecule has 0 saturated carbocycles. The van der Waals surface area contributed by atoms with Gasteiger partial charge in [-0.15, -0.1) is 11.3 Å². The fourth-order valence-electron chi connectivity index (χ4n) is 1.19. The van der Waals surface area contributed by atoms with Gasteiger partial charge in [-0.05, 0) is 13.8 Å². The molecule has 7 heteroatoms. The molecule has 1 rings (SSSR count). The molecule has 0 fully saturated rings. The van der Waals surface area contributed by atoms with Crippen molar-refractivity contribution in [1.29, 1.82) is 0 Å². The van der Waals surface area contributed by atoms with Crippen molar-refractivity contribution < 1.29 is 14.7 Å². The molecule has 2 N–H and O–H groups in total. The van der Waals surface area contributed by atoms with E-state index in [0.717, 1.165) is 16.5 Å². The number of amides is 1. The number of hydrogen-bond donors (Lipinski definition) is 2. The highest BCUT2D eigenvalue weighted by atomic mass is 32.2. The van der Waals surface area contributed by atoms with Crippen molar-refractivity contribution in [1.82, 2.24) is 10.3 Å². The number of aromatic nitrogens is 1. The molecule has 1 atom stereocenters. The standard InChI is InChI=1S/C11H16N2O3S2/c1-7(11(15)16)12-10(14)3-4-17-5-9-6-18-8(2)13-9/h6-7H,3-5H2,1-2H3,(H,12,14)(H,15,16). The van der Waals surface area contributed by atoms with Crippen LogP contribution in [0.3, 0.4) is 0 Å².